The van der Waals surface area contributed by atoms with Crippen LogP contribution in [0.3, 0.4) is 0 Å². The van der Waals surface area contributed by atoms with Crippen molar-refractivity contribution >= 4 is 17.6 Å². The molecule has 0 amide bonds. The van der Waals surface area contributed by atoms with E-state index in [4.69, 9.17) is 0 Å². The Kier molecular flexibility index (Phi) is 4.10. The molecule has 1 aliphatic rings. The summed E-state index contributed by atoms with van der Waals surface area (Å²) < 4.78 is 0.440. The molecule has 0 unspecified atom stereocenters. The number of nitrogens with zero attached hydrogens (tertiary/aromatic N) is 1. The van der Waals surface area contributed by atoms with E-state index < -0.39 is 0 Å². The Balaban J connectivity index is 1.92. The molecule has 1 aromatic rings. The average molecular weight is 236 g/mol. The monoisotopic (exact) mass is 236 g/mol. The Hall–Kier alpha value is -0.700. The first kappa shape index (κ1) is 11.8. The van der Waals surface area contributed by atoms with E-state index in [2.05, 4.69) is 16.6 Å². The summed E-state index contributed by atoms with van der Waals surface area (Å²) in [6.07, 6.45) is 10.9. The largest absolute Gasteiger partial charge is 0.369 e. The third-order valence-corrected chi connectivity index (χ3v) is 4.87. The first-order valence-corrected chi connectivity index (χ1v) is 7.27. The second-order valence-electron chi connectivity index (χ2n) is 4.52. The molecule has 0 spiro atoms. The molecule has 0 saturated heterocycles. The van der Waals surface area contributed by atoms with Crippen molar-refractivity contribution in [3.8, 4) is 0 Å². The van der Waals surface area contributed by atoms with Gasteiger partial charge in [-0.15, -0.1) is 0 Å². The molecule has 1 aliphatic carbocycles. The number of aromatic nitrogens is 1. The first-order valence-electron chi connectivity index (χ1n) is 6.05. The van der Waals surface area contributed by atoms with Gasteiger partial charge in [-0.3, -0.25) is 0 Å². The maximum absolute atomic E-state index is 4.31. The van der Waals surface area contributed by atoms with Crippen molar-refractivity contribution < 1.29 is 0 Å². The third kappa shape index (κ3) is 2.91. The van der Waals surface area contributed by atoms with Crippen molar-refractivity contribution in [2.75, 3.05) is 18.1 Å². The molecule has 1 fully saturated rings. The van der Waals surface area contributed by atoms with Crippen LogP contribution in [0.2, 0.25) is 0 Å². The molecule has 2 rings (SSSR count). The second kappa shape index (κ2) is 5.58. The molecule has 0 bridgehead atoms. The van der Waals surface area contributed by atoms with E-state index in [1.165, 1.54) is 32.1 Å². The van der Waals surface area contributed by atoms with Crippen LogP contribution in [0.5, 0.6) is 0 Å². The van der Waals surface area contributed by atoms with Crippen molar-refractivity contribution in [2.45, 2.75) is 36.9 Å². The molecule has 1 heterocycles. The Labute approximate surface area is 102 Å². The molecule has 88 valence electrons. The number of rotatable bonds is 4. The Morgan fingerprint density at radius 1 is 1.31 bits per heavy atom. The van der Waals surface area contributed by atoms with Crippen molar-refractivity contribution in [2.24, 2.45) is 0 Å². The zero-order valence-electron chi connectivity index (χ0n) is 9.91. The minimum absolute atomic E-state index is 0.440. The van der Waals surface area contributed by atoms with E-state index in [1.54, 1.807) is 0 Å². The minimum Gasteiger partial charge on any atom is -0.369 e. The van der Waals surface area contributed by atoms with Gasteiger partial charge >= 0.3 is 0 Å². The molecule has 2 nitrogen and oxygen atoms in total. The zero-order chi connectivity index (χ0) is 11.3. The third-order valence-electron chi connectivity index (χ3n) is 3.45. The van der Waals surface area contributed by atoms with Gasteiger partial charge in [-0.05, 0) is 31.2 Å². The molecule has 3 heteroatoms. The molecule has 1 N–H and O–H groups in total. The number of thioether (sulfide) groups is 1. The van der Waals surface area contributed by atoms with Crippen LogP contribution in [-0.2, 0) is 0 Å². The summed E-state index contributed by atoms with van der Waals surface area (Å²) in [7, 11) is 0. The Morgan fingerprint density at radius 2 is 2.12 bits per heavy atom. The Morgan fingerprint density at radius 3 is 2.75 bits per heavy atom. The summed E-state index contributed by atoms with van der Waals surface area (Å²) in [5, 5.41) is 3.47. The van der Waals surface area contributed by atoms with Crippen LogP contribution >= 0.6 is 11.8 Å². The van der Waals surface area contributed by atoms with Gasteiger partial charge in [0.05, 0.1) is 0 Å². The predicted molar refractivity (Wildman–Crippen MR) is 72.1 cm³/mol. The van der Waals surface area contributed by atoms with Crippen LogP contribution in [0.4, 0.5) is 5.82 Å². The standard InChI is InChI=1S/C13H20N2S/c1-16-13(8-4-2-5-9-13)11-15-12-7-3-6-10-14-12/h3,6-7,10H,2,4-5,8-9,11H2,1H3,(H,14,15). The summed E-state index contributed by atoms with van der Waals surface area (Å²) in [5.74, 6) is 1.00. The van der Waals surface area contributed by atoms with Gasteiger partial charge in [0.1, 0.15) is 5.82 Å². The van der Waals surface area contributed by atoms with Gasteiger partial charge in [-0.25, -0.2) is 4.98 Å². The fourth-order valence-corrected chi connectivity index (χ4v) is 3.28. The molecule has 1 saturated carbocycles. The highest BCUT2D eigenvalue weighted by Crippen LogP contribution is 2.38. The van der Waals surface area contributed by atoms with Crippen LogP contribution in [0.25, 0.3) is 0 Å². The lowest BCUT2D eigenvalue weighted by Crippen LogP contribution is -2.35. The predicted octanol–water partition coefficient (Wildman–Crippen LogP) is 3.56. The molecule has 16 heavy (non-hydrogen) atoms. The first-order chi connectivity index (χ1) is 7.85. The smallest absolute Gasteiger partial charge is 0.125 e. The molecular weight excluding hydrogens is 216 g/mol. The normalized spacial score (nSPS) is 19.3. The topological polar surface area (TPSA) is 24.9 Å². The summed E-state index contributed by atoms with van der Waals surface area (Å²) in [4.78, 5) is 4.31. The minimum atomic E-state index is 0.440. The zero-order valence-corrected chi connectivity index (χ0v) is 10.7. The number of pyridine rings is 1. The highest BCUT2D eigenvalue weighted by atomic mass is 32.2. The lowest BCUT2D eigenvalue weighted by atomic mass is 9.88. The maximum Gasteiger partial charge on any atom is 0.125 e. The molecular formula is C13H20N2S. The van der Waals surface area contributed by atoms with Crippen molar-refractivity contribution in [1.82, 2.24) is 4.98 Å². The van der Waals surface area contributed by atoms with E-state index in [0.717, 1.165) is 12.4 Å². The van der Waals surface area contributed by atoms with Crippen LogP contribution in [0.1, 0.15) is 32.1 Å². The van der Waals surface area contributed by atoms with Gasteiger partial charge < -0.3 is 5.32 Å². The lowest BCUT2D eigenvalue weighted by molar-refractivity contribution is 0.411. The van der Waals surface area contributed by atoms with E-state index in [0.29, 0.717) is 4.75 Å². The van der Waals surface area contributed by atoms with Crippen molar-refractivity contribution in [3.05, 3.63) is 24.4 Å². The molecule has 0 aliphatic heterocycles. The number of anilines is 1. The fourth-order valence-electron chi connectivity index (χ4n) is 2.37. The van der Waals surface area contributed by atoms with Crippen LogP contribution in [0.15, 0.2) is 24.4 Å². The molecule has 1 aromatic heterocycles. The van der Waals surface area contributed by atoms with Crippen molar-refractivity contribution in [3.63, 3.8) is 0 Å². The molecule has 0 radical (unpaired) electrons. The van der Waals surface area contributed by atoms with E-state index in [9.17, 15) is 0 Å². The van der Waals surface area contributed by atoms with Crippen LogP contribution < -0.4 is 5.32 Å². The van der Waals surface area contributed by atoms with E-state index >= 15 is 0 Å². The van der Waals surface area contributed by atoms with Gasteiger partial charge in [0, 0.05) is 17.5 Å². The van der Waals surface area contributed by atoms with Gasteiger partial charge in [-0.1, -0.05) is 25.3 Å². The average Bonchev–Trinajstić information content (AvgIpc) is 2.39. The number of nitrogens with one attached hydrogen (secondary N) is 1. The summed E-state index contributed by atoms with van der Waals surface area (Å²) in [5.41, 5.74) is 0. The Bertz CT molecular complexity index is 307. The van der Waals surface area contributed by atoms with Crippen LogP contribution in [0, 0.1) is 0 Å². The number of hydrogen-bond donors (Lipinski definition) is 1. The van der Waals surface area contributed by atoms with Gasteiger partial charge in [0.15, 0.2) is 0 Å². The highest BCUT2D eigenvalue weighted by molar-refractivity contribution is 8.00. The summed E-state index contributed by atoms with van der Waals surface area (Å²) >= 11 is 2.02. The van der Waals surface area contributed by atoms with Crippen molar-refractivity contribution in [1.29, 1.82) is 0 Å². The second-order valence-corrected chi connectivity index (χ2v) is 5.79. The highest BCUT2D eigenvalue weighted by Gasteiger charge is 2.30. The lowest BCUT2D eigenvalue weighted by Gasteiger charge is -2.36. The summed E-state index contributed by atoms with van der Waals surface area (Å²) in [6.45, 7) is 1.05. The molecule has 0 atom stereocenters. The fraction of sp³-hybridized carbons (Fsp3) is 0.615. The SMILES string of the molecule is CSC1(CNc2ccccn2)CCCCC1. The van der Waals surface area contributed by atoms with Gasteiger partial charge in [-0.2, -0.15) is 11.8 Å². The quantitative estimate of drug-likeness (QED) is 0.865. The van der Waals surface area contributed by atoms with Crippen LogP contribution in [-0.4, -0.2) is 22.5 Å². The summed E-state index contributed by atoms with van der Waals surface area (Å²) in [6, 6.07) is 6.02. The maximum atomic E-state index is 4.31. The van der Waals surface area contributed by atoms with Gasteiger partial charge in [0.2, 0.25) is 0 Å². The number of hydrogen-bond acceptors (Lipinski definition) is 3. The van der Waals surface area contributed by atoms with Gasteiger partial charge in [0.25, 0.3) is 0 Å². The molecule has 0 aromatic carbocycles. The van der Waals surface area contributed by atoms with E-state index in [1.807, 2.05) is 36.2 Å². The van der Waals surface area contributed by atoms with E-state index in [-0.39, 0.29) is 0 Å².